The van der Waals surface area contributed by atoms with Gasteiger partial charge in [0.1, 0.15) is 0 Å². The molecule has 0 radical (unpaired) electrons. The maximum Gasteiger partial charge on any atom is 0.304 e. The largest absolute Gasteiger partial charge is 0.481 e. The summed E-state index contributed by atoms with van der Waals surface area (Å²) in [6, 6.07) is 3.82. The van der Waals surface area contributed by atoms with Gasteiger partial charge < -0.3 is 10.8 Å². The van der Waals surface area contributed by atoms with Crippen LogP contribution in [0.15, 0.2) is 15.9 Å². The van der Waals surface area contributed by atoms with Crippen LogP contribution in [0.2, 0.25) is 0 Å². The van der Waals surface area contributed by atoms with Crippen LogP contribution in [0.1, 0.15) is 17.2 Å². The van der Waals surface area contributed by atoms with E-state index in [-0.39, 0.29) is 12.3 Å². The van der Waals surface area contributed by atoms with Gasteiger partial charge in [0, 0.05) is 17.3 Å². The minimum atomic E-state index is -0.806. The van der Waals surface area contributed by atoms with Crippen LogP contribution in [0.4, 0.5) is 0 Å². The Bertz CT molecular complexity index is 300. The average molecular weight is 264 g/mol. The van der Waals surface area contributed by atoms with Crippen molar-refractivity contribution in [3.05, 3.63) is 20.8 Å². The number of hydrogen-bond acceptors (Lipinski definition) is 3. The van der Waals surface area contributed by atoms with E-state index in [9.17, 15) is 4.79 Å². The van der Waals surface area contributed by atoms with Gasteiger partial charge in [-0.1, -0.05) is 0 Å². The molecule has 0 bridgehead atoms. The molecule has 5 heteroatoms. The number of thiophene rings is 1. The smallest absolute Gasteiger partial charge is 0.304 e. The number of hydrogen-bond donors (Lipinski definition) is 2. The third-order valence-corrected chi connectivity index (χ3v) is 3.49. The van der Waals surface area contributed by atoms with Crippen LogP contribution in [0.25, 0.3) is 0 Å². The van der Waals surface area contributed by atoms with Crippen molar-refractivity contribution in [2.45, 2.75) is 12.3 Å². The zero-order valence-corrected chi connectivity index (χ0v) is 9.27. The third-order valence-electron chi connectivity index (χ3n) is 1.70. The Kier molecular flexibility index (Phi) is 3.90. The van der Waals surface area contributed by atoms with Crippen molar-refractivity contribution < 1.29 is 9.90 Å². The predicted molar refractivity (Wildman–Crippen MR) is 56.1 cm³/mol. The minimum Gasteiger partial charge on any atom is -0.481 e. The molecule has 0 saturated heterocycles. The van der Waals surface area contributed by atoms with E-state index in [1.54, 1.807) is 0 Å². The molecule has 1 rings (SSSR count). The van der Waals surface area contributed by atoms with Gasteiger partial charge in [0.15, 0.2) is 0 Å². The first-order valence-electron chi connectivity index (χ1n) is 3.80. The first-order chi connectivity index (χ1) is 6.13. The molecule has 0 fully saturated rings. The number of carboxylic acids is 1. The summed E-state index contributed by atoms with van der Waals surface area (Å²) in [5, 5.41) is 8.62. The van der Waals surface area contributed by atoms with E-state index in [0.29, 0.717) is 6.54 Å². The highest BCUT2D eigenvalue weighted by molar-refractivity contribution is 9.11. The number of rotatable bonds is 4. The molecular weight excluding hydrogens is 254 g/mol. The zero-order chi connectivity index (χ0) is 9.84. The number of carboxylic acid groups (broad SMARTS) is 1. The minimum absolute atomic E-state index is 0.0613. The highest BCUT2D eigenvalue weighted by atomic mass is 79.9. The zero-order valence-electron chi connectivity index (χ0n) is 6.87. The predicted octanol–water partition coefficient (Wildman–Crippen LogP) is 2.03. The maximum atomic E-state index is 10.5. The number of carbonyl (C=O) groups is 1. The van der Waals surface area contributed by atoms with Crippen molar-refractivity contribution in [3.63, 3.8) is 0 Å². The Balaban J connectivity index is 2.72. The second kappa shape index (κ2) is 4.74. The van der Waals surface area contributed by atoms with E-state index in [4.69, 9.17) is 10.8 Å². The van der Waals surface area contributed by atoms with Gasteiger partial charge in [0.2, 0.25) is 0 Å². The molecule has 72 valence electrons. The van der Waals surface area contributed by atoms with Crippen molar-refractivity contribution in [2.75, 3.05) is 6.54 Å². The maximum absolute atomic E-state index is 10.5. The number of aliphatic carboxylic acids is 1. The first kappa shape index (κ1) is 10.7. The summed E-state index contributed by atoms with van der Waals surface area (Å²) in [5.41, 5.74) is 5.49. The fourth-order valence-electron chi connectivity index (χ4n) is 1.06. The lowest BCUT2D eigenvalue weighted by molar-refractivity contribution is -0.137. The van der Waals surface area contributed by atoms with E-state index < -0.39 is 5.97 Å². The molecule has 0 aromatic carbocycles. The lowest BCUT2D eigenvalue weighted by atomic mass is 10.0. The first-order valence-corrected chi connectivity index (χ1v) is 5.41. The van der Waals surface area contributed by atoms with Gasteiger partial charge in [-0.2, -0.15) is 0 Å². The average Bonchev–Trinajstić information content (AvgIpc) is 2.47. The third kappa shape index (κ3) is 3.10. The Labute approximate surface area is 88.7 Å². The van der Waals surface area contributed by atoms with E-state index in [1.807, 2.05) is 12.1 Å². The molecule has 0 aliphatic heterocycles. The molecule has 1 heterocycles. The quantitative estimate of drug-likeness (QED) is 0.874. The lowest BCUT2D eigenvalue weighted by Gasteiger charge is -2.08. The van der Waals surface area contributed by atoms with Crippen LogP contribution >= 0.6 is 27.3 Å². The van der Waals surface area contributed by atoms with Gasteiger partial charge in [-0.3, -0.25) is 4.79 Å². The van der Waals surface area contributed by atoms with Crippen LogP contribution in [0.5, 0.6) is 0 Å². The summed E-state index contributed by atoms with van der Waals surface area (Å²) in [6.07, 6.45) is 0.101. The van der Waals surface area contributed by atoms with Gasteiger partial charge in [0.25, 0.3) is 0 Å². The molecule has 0 amide bonds. The van der Waals surface area contributed by atoms with Crippen molar-refractivity contribution in [2.24, 2.45) is 5.73 Å². The van der Waals surface area contributed by atoms with Gasteiger partial charge in [0.05, 0.1) is 10.2 Å². The summed E-state index contributed by atoms with van der Waals surface area (Å²) in [7, 11) is 0. The van der Waals surface area contributed by atoms with Crippen LogP contribution in [0.3, 0.4) is 0 Å². The summed E-state index contributed by atoms with van der Waals surface area (Å²) < 4.78 is 1.01. The van der Waals surface area contributed by atoms with E-state index >= 15 is 0 Å². The summed E-state index contributed by atoms with van der Waals surface area (Å²) in [5.74, 6) is -0.867. The molecular formula is C8H10BrNO2S. The Morgan fingerprint density at radius 2 is 2.38 bits per heavy atom. The summed E-state index contributed by atoms with van der Waals surface area (Å²) in [6.45, 7) is 0.374. The fourth-order valence-corrected chi connectivity index (χ4v) is 2.60. The molecule has 1 atom stereocenters. The van der Waals surface area contributed by atoms with Crippen LogP contribution in [-0.2, 0) is 4.79 Å². The fraction of sp³-hybridized carbons (Fsp3) is 0.375. The second-order valence-corrected chi connectivity index (χ2v) is 5.17. The number of halogens is 1. The van der Waals surface area contributed by atoms with E-state index in [2.05, 4.69) is 15.9 Å². The van der Waals surface area contributed by atoms with Gasteiger partial charge in [-0.15, -0.1) is 11.3 Å². The topological polar surface area (TPSA) is 63.3 Å². The molecule has 0 saturated carbocycles. The van der Waals surface area contributed by atoms with Crippen LogP contribution in [-0.4, -0.2) is 17.6 Å². The molecule has 1 unspecified atom stereocenters. The lowest BCUT2D eigenvalue weighted by Crippen LogP contribution is -2.15. The van der Waals surface area contributed by atoms with Gasteiger partial charge >= 0.3 is 5.97 Å². The summed E-state index contributed by atoms with van der Waals surface area (Å²) in [4.78, 5) is 11.5. The van der Waals surface area contributed by atoms with Crippen molar-refractivity contribution >= 4 is 33.2 Å². The molecule has 0 aliphatic carbocycles. The monoisotopic (exact) mass is 263 g/mol. The molecule has 0 spiro atoms. The van der Waals surface area contributed by atoms with Crippen molar-refractivity contribution in [1.29, 1.82) is 0 Å². The molecule has 3 nitrogen and oxygen atoms in total. The Hall–Kier alpha value is -0.390. The molecule has 3 N–H and O–H groups in total. The van der Waals surface area contributed by atoms with E-state index in [1.165, 1.54) is 11.3 Å². The molecule has 0 aliphatic rings. The van der Waals surface area contributed by atoms with Crippen molar-refractivity contribution in [3.8, 4) is 0 Å². The second-order valence-electron chi connectivity index (χ2n) is 2.67. The normalized spacial score (nSPS) is 12.8. The van der Waals surface area contributed by atoms with Crippen molar-refractivity contribution in [1.82, 2.24) is 0 Å². The Morgan fingerprint density at radius 3 is 2.77 bits per heavy atom. The Morgan fingerprint density at radius 1 is 1.69 bits per heavy atom. The van der Waals surface area contributed by atoms with Crippen LogP contribution < -0.4 is 5.73 Å². The summed E-state index contributed by atoms with van der Waals surface area (Å²) >= 11 is 4.86. The standard InChI is InChI=1S/C8H10BrNO2S/c9-7-2-1-6(13-7)5(4-10)3-8(11)12/h1-2,5H,3-4,10H2,(H,11,12). The van der Waals surface area contributed by atoms with Gasteiger partial charge in [-0.25, -0.2) is 0 Å². The highest BCUT2D eigenvalue weighted by Crippen LogP contribution is 2.29. The van der Waals surface area contributed by atoms with Crippen LogP contribution in [0, 0.1) is 0 Å². The van der Waals surface area contributed by atoms with Gasteiger partial charge in [-0.05, 0) is 28.1 Å². The SMILES string of the molecule is NCC(CC(=O)O)c1ccc(Br)s1. The highest BCUT2D eigenvalue weighted by Gasteiger charge is 2.15. The van der Waals surface area contributed by atoms with E-state index in [0.717, 1.165) is 8.66 Å². The molecule has 1 aromatic heterocycles. The molecule has 13 heavy (non-hydrogen) atoms. The molecule has 1 aromatic rings. The number of nitrogens with two attached hydrogens (primary N) is 1.